The van der Waals surface area contributed by atoms with Gasteiger partial charge in [-0.3, -0.25) is 19.7 Å². The van der Waals surface area contributed by atoms with Gasteiger partial charge in [-0.25, -0.2) is 4.90 Å². The Labute approximate surface area is 161 Å². The van der Waals surface area contributed by atoms with Gasteiger partial charge in [-0.05, 0) is 37.3 Å². The van der Waals surface area contributed by atoms with E-state index in [4.69, 9.17) is 0 Å². The lowest BCUT2D eigenvalue weighted by Gasteiger charge is -2.15. The van der Waals surface area contributed by atoms with Crippen molar-refractivity contribution < 1.29 is 14.5 Å². The van der Waals surface area contributed by atoms with Crippen molar-refractivity contribution in [2.75, 3.05) is 5.32 Å². The Hall–Kier alpha value is -4.00. The van der Waals surface area contributed by atoms with E-state index in [-0.39, 0.29) is 16.8 Å². The van der Waals surface area contributed by atoms with Crippen LogP contribution in [-0.2, 0) is 0 Å². The Bertz CT molecular complexity index is 1040. The number of allylic oxidation sites excluding steroid dienone is 3. The Morgan fingerprint density at radius 2 is 1.75 bits per heavy atom. The van der Waals surface area contributed by atoms with Gasteiger partial charge in [0.15, 0.2) is 0 Å². The van der Waals surface area contributed by atoms with Gasteiger partial charge in [0.05, 0.1) is 16.1 Å². The highest BCUT2D eigenvalue weighted by Crippen LogP contribution is 2.29. The number of rotatable bonds is 6. The van der Waals surface area contributed by atoms with E-state index in [0.29, 0.717) is 11.4 Å². The molecular weight excluding hydrogens is 358 g/mol. The highest BCUT2D eigenvalue weighted by Gasteiger charge is 2.38. The molecule has 0 aromatic heterocycles. The third-order valence-corrected chi connectivity index (χ3v) is 4.17. The molecule has 1 aliphatic heterocycles. The number of nitro benzene ring substituents is 1. The van der Waals surface area contributed by atoms with Crippen LogP contribution in [0, 0.1) is 10.1 Å². The van der Waals surface area contributed by atoms with Crippen molar-refractivity contribution in [1.29, 1.82) is 0 Å². The number of hydrogen-bond donors (Lipinski definition) is 1. The van der Waals surface area contributed by atoms with Crippen molar-refractivity contribution in [3.05, 3.63) is 106 Å². The largest absolute Gasteiger partial charge is 0.356 e. The Kier molecular flexibility index (Phi) is 5.17. The summed E-state index contributed by atoms with van der Waals surface area (Å²) in [5, 5.41) is 14.0. The Morgan fingerprint density at radius 1 is 1.07 bits per heavy atom. The number of benzene rings is 2. The summed E-state index contributed by atoms with van der Waals surface area (Å²) in [4.78, 5) is 36.7. The predicted octanol–water partition coefficient (Wildman–Crippen LogP) is 4.28. The second-order valence-electron chi connectivity index (χ2n) is 6.00. The summed E-state index contributed by atoms with van der Waals surface area (Å²) in [5.41, 5.74) is 1.70. The second-order valence-corrected chi connectivity index (χ2v) is 6.00. The maximum absolute atomic E-state index is 12.7. The lowest BCUT2D eigenvalue weighted by atomic mass is 10.1. The maximum Gasteiger partial charge on any atom is 0.270 e. The van der Waals surface area contributed by atoms with Gasteiger partial charge in [-0.1, -0.05) is 30.9 Å². The molecule has 140 valence electrons. The number of carbonyl (C=O) groups is 2. The first-order chi connectivity index (χ1) is 13.4. The summed E-state index contributed by atoms with van der Waals surface area (Å²) in [6.45, 7) is 5.60. The summed E-state index contributed by atoms with van der Waals surface area (Å²) in [6, 6.07) is 13.1. The van der Waals surface area contributed by atoms with Crippen LogP contribution in [0.3, 0.4) is 0 Å². The number of carbonyl (C=O) groups excluding carboxylic acids is 2. The summed E-state index contributed by atoms with van der Waals surface area (Å²) < 4.78 is 0. The minimum atomic E-state index is -0.601. The molecule has 2 aromatic carbocycles. The first-order valence-electron chi connectivity index (χ1n) is 8.45. The van der Waals surface area contributed by atoms with E-state index >= 15 is 0 Å². The van der Waals surface area contributed by atoms with Crippen LogP contribution in [0.2, 0.25) is 0 Å². The van der Waals surface area contributed by atoms with Gasteiger partial charge in [0.25, 0.3) is 17.5 Å². The number of amides is 2. The van der Waals surface area contributed by atoms with E-state index in [1.54, 1.807) is 25.2 Å². The number of imide groups is 1. The fourth-order valence-corrected chi connectivity index (χ4v) is 2.81. The summed E-state index contributed by atoms with van der Waals surface area (Å²) in [5.74, 6) is -1.11. The van der Waals surface area contributed by atoms with Gasteiger partial charge in [-0.15, -0.1) is 0 Å². The van der Waals surface area contributed by atoms with Crippen LogP contribution in [0.1, 0.15) is 27.6 Å². The zero-order valence-electron chi connectivity index (χ0n) is 15.1. The quantitative estimate of drug-likeness (QED) is 0.352. The fourth-order valence-electron chi connectivity index (χ4n) is 2.81. The molecule has 7 nitrogen and oxygen atoms in total. The Morgan fingerprint density at radius 3 is 2.39 bits per heavy atom. The molecule has 1 N–H and O–H groups in total. The monoisotopic (exact) mass is 375 g/mol. The molecule has 3 rings (SSSR count). The van der Waals surface area contributed by atoms with Gasteiger partial charge in [0, 0.05) is 29.2 Å². The van der Waals surface area contributed by atoms with E-state index in [1.165, 1.54) is 12.1 Å². The van der Waals surface area contributed by atoms with Crippen molar-refractivity contribution in [3.8, 4) is 0 Å². The molecule has 0 atom stereocenters. The van der Waals surface area contributed by atoms with Crippen LogP contribution in [0.15, 0.2) is 84.7 Å². The molecule has 0 radical (unpaired) electrons. The van der Waals surface area contributed by atoms with E-state index in [9.17, 15) is 19.7 Å². The minimum Gasteiger partial charge on any atom is -0.356 e. The van der Waals surface area contributed by atoms with Gasteiger partial charge in [-0.2, -0.15) is 0 Å². The molecule has 0 aliphatic carbocycles. The fraction of sp³-hybridized carbons (Fsp3) is 0.0476. The molecule has 0 unspecified atom stereocenters. The standard InChI is InChI=1S/C21H17N3O4/c1-3-16(10-9-14(2)22-15-7-5-4-6-8-15)23-20(25)18-12-11-17(24(27)28)13-19(18)21(23)26/h3-13,22H,2H2,1H3/b10-9-,16-3+. The third kappa shape index (κ3) is 3.59. The molecule has 0 spiro atoms. The van der Waals surface area contributed by atoms with Crippen LogP contribution < -0.4 is 5.32 Å². The van der Waals surface area contributed by atoms with E-state index in [2.05, 4.69) is 11.9 Å². The number of fused-ring (bicyclic) bond motifs is 1. The third-order valence-electron chi connectivity index (χ3n) is 4.17. The zero-order chi connectivity index (χ0) is 20.3. The minimum absolute atomic E-state index is 0.0215. The molecule has 0 bridgehead atoms. The topological polar surface area (TPSA) is 92.6 Å². The first kappa shape index (κ1) is 18.8. The van der Waals surface area contributed by atoms with E-state index in [1.807, 2.05) is 30.3 Å². The zero-order valence-corrected chi connectivity index (χ0v) is 15.1. The highest BCUT2D eigenvalue weighted by molar-refractivity contribution is 6.22. The van der Waals surface area contributed by atoms with Gasteiger partial charge >= 0.3 is 0 Å². The first-order valence-corrected chi connectivity index (χ1v) is 8.45. The van der Waals surface area contributed by atoms with Crippen molar-refractivity contribution in [2.45, 2.75) is 6.92 Å². The van der Waals surface area contributed by atoms with Gasteiger partial charge in [0.1, 0.15) is 0 Å². The van der Waals surface area contributed by atoms with Crippen molar-refractivity contribution in [1.82, 2.24) is 4.90 Å². The smallest absolute Gasteiger partial charge is 0.270 e. The number of non-ortho nitro benzene ring substituents is 1. The average molecular weight is 375 g/mol. The molecule has 7 heteroatoms. The highest BCUT2D eigenvalue weighted by atomic mass is 16.6. The van der Waals surface area contributed by atoms with Crippen molar-refractivity contribution >= 4 is 23.2 Å². The molecule has 0 saturated heterocycles. The maximum atomic E-state index is 12.7. The normalized spacial score (nSPS) is 13.8. The number of nitro groups is 1. The lowest BCUT2D eigenvalue weighted by Crippen LogP contribution is -2.28. The summed E-state index contributed by atoms with van der Waals surface area (Å²) in [6.07, 6.45) is 4.85. The SMILES string of the molecule is C=C(/C=C\C(=C/C)N1C(=O)c2ccc([N+](=O)[O-])cc2C1=O)Nc1ccccc1. The van der Waals surface area contributed by atoms with Crippen molar-refractivity contribution in [2.24, 2.45) is 0 Å². The van der Waals surface area contributed by atoms with Crippen LogP contribution in [-0.4, -0.2) is 21.6 Å². The van der Waals surface area contributed by atoms with Gasteiger partial charge in [0.2, 0.25) is 0 Å². The number of anilines is 1. The molecule has 0 saturated carbocycles. The lowest BCUT2D eigenvalue weighted by molar-refractivity contribution is -0.384. The van der Waals surface area contributed by atoms with Crippen LogP contribution >= 0.6 is 0 Å². The average Bonchev–Trinajstić information content (AvgIpc) is 2.94. The molecule has 1 aliphatic rings. The molecule has 1 heterocycles. The van der Waals surface area contributed by atoms with Crippen LogP contribution in [0.5, 0.6) is 0 Å². The molecule has 2 amide bonds. The van der Waals surface area contributed by atoms with Crippen LogP contribution in [0.4, 0.5) is 11.4 Å². The van der Waals surface area contributed by atoms with E-state index < -0.39 is 16.7 Å². The molecule has 2 aromatic rings. The predicted molar refractivity (Wildman–Crippen MR) is 106 cm³/mol. The second kappa shape index (κ2) is 7.71. The van der Waals surface area contributed by atoms with Crippen LogP contribution in [0.25, 0.3) is 0 Å². The summed E-state index contributed by atoms with van der Waals surface area (Å²) in [7, 11) is 0. The Balaban J connectivity index is 1.81. The number of hydrogen-bond acceptors (Lipinski definition) is 5. The van der Waals surface area contributed by atoms with Crippen molar-refractivity contribution in [3.63, 3.8) is 0 Å². The number of nitrogens with one attached hydrogen (secondary N) is 1. The summed E-state index contributed by atoms with van der Waals surface area (Å²) >= 11 is 0. The molecular formula is C21H17N3O4. The number of para-hydroxylation sites is 1. The molecule has 0 fully saturated rings. The van der Waals surface area contributed by atoms with Gasteiger partial charge < -0.3 is 5.32 Å². The molecule has 28 heavy (non-hydrogen) atoms. The van der Waals surface area contributed by atoms with E-state index in [0.717, 1.165) is 16.7 Å². The number of nitrogens with zero attached hydrogens (tertiary/aromatic N) is 2.